The molecule has 1 saturated carbocycles. The minimum atomic E-state index is -0.272. The monoisotopic (exact) mass is 353 g/mol. The van der Waals surface area contributed by atoms with E-state index in [0.717, 1.165) is 48.9 Å². The first-order valence-corrected chi connectivity index (χ1v) is 8.88. The normalized spacial score (nSPS) is 22.3. The van der Waals surface area contributed by atoms with Gasteiger partial charge >= 0.3 is 0 Å². The number of likely N-dealkylation sites (tertiary alicyclic amines) is 1. The standard InChI is InChI=1S/C16H24BrN3O/c1-12(2)20-14(13(17)11-18-20)15(21)16(7-3-4-8-16)19-9-5-6-10-19/h11-12H,3-10H2,1-2H3. The predicted octanol–water partition coefficient (Wildman–Crippen LogP) is 3.82. The van der Waals surface area contributed by atoms with E-state index in [1.54, 1.807) is 6.20 Å². The van der Waals surface area contributed by atoms with Crippen LogP contribution >= 0.6 is 15.9 Å². The van der Waals surface area contributed by atoms with Crippen molar-refractivity contribution < 1.29 is 4.79 Å². The van der Waals surface area contributed by atoms with Crippen LogP contribution < -0.4 is 0 Å². The van der Waals surface area contributed by atoms with E-state index in [2.05, 4.69) is 39.8 Å². The molecule has 1 aromatic heterocycles. The SMILES string of the molecule is CC(C)n1ncc(Br)c1C(=O)C1(N2CCCC2)CCCC1. The summed E-state index contributed by atoms with van der Waals surface area (Å²) in [4.78, 5) is 15.9. The molecule has 0 radical (unpaired) electrons. The van der Waals surface area contributed by atoms with Crippen LogP contribution in [0, 0.1) is 0 Å². The third-order valence-corrected chi connectivity index (χ3v) is 5.60. The Morgan fingerprint density at radius 3 is 2.43 bits per heavy atom. The minimum Gasteiger partial charge on any atom is -0.291 e. The number of nitrogens with zero attached hydrogens (tertiary/aromatic N) is 3. The second kappa shape index (κ2) is 5.84. The first-order chi connectivity index (χ1) is 10.1. The molecule has 5 heteroatoms. The number of carbonyl (C=O) groups excluding carboxylic acids is 1. The van der Waals surface area contributed by atoms with E-state index in [1.165, 1.54) is 12.8 Å². The lowest BCUT2D eigenvalue weighted by atomic mass is 9.88. The van der Waals surface area contributed by atoms with Gasteiger partial charge in [-0.25, -0.2) is 0 Å². The van der Waals surface area contributed by atoms with E-state index in [0.29, 0.717) is 0 Å². The van der Waals surface area contributed by atoms with E-state index in [4.69, 9.17) is 0 Å². The summed E-state index contributed by atoms with van der Waals surface area (Å²) < 4.78 is 2.72. The third-order valence-electron chi connectivity index (χ3n) is 5.02. The number of hydrogen-bond donors (Lipinski definition) is 0. The fourth-order valence-corrected chi connectivity index (χ4v) is 4.41. The summed E-state index contributed by atoms with van der Waals surface area (Å²) in [5.74, 6) is 0.278. The number of hydrogen-bond acceptors (Lipinski definition) is 3. The summed E-state index contributed by atoms with van der Waals surface area (Å²) in [7, 11) is 0. The molecule has 0 bridgehead atoms. The number of aromatic nitrogens is 2. The van der Waals surface area contributed by atoms with Crippen molar-refractivity contribution in [2.75, 3.05) is 13.1 Å². The van der Waals surface area contributed by atoms with Crippen molar-refractivity contribution in [1.82, 2.24) is 14.7 Å². The molecule has 2 aliphatic rings. The maximum absolute atomic E-state index is 13.4. The minimum absolute atomic E-state index is 0.201. The van der Waals surface area contributed by atoms with Gasteiger partial charge in [-0.1, -0.05) is 12.8 Å². The Morgan fingerprint density at radius 2 is 1.86 bits per heavy atom. The number of carbonyl (C=O) groups is 1. The quantitative estimate of drug-likeness (QED) is 0.772. The molecule has 1 saturated heterocycles. The van der Waals surface area contributed by atoms with Crippen LogP contribution in [0.15, 0.2) is 10.7 Å². The second-order valence-corrected chi connectivity index (χ2v) is 7.50. The number of halogens is 1. The van der Waals surface area contributed by atoms with Crippen molar-refractivity contribution in [3.05, 3.63) is 16.4 Å². The van der Waals surface area contributed by atoms with Gasteiger partial charge in [0.05, 0.1) is 16.2 Å². The van der Waals surface area contributed by atoms with Gasteiger partial charge in [-0.3, -0.25) is 14.4 Å². The highest BCUT2D eigenvalue weighted by Gasteiger charge is 2.48. The average Bonchev–Trinajstić information content (AvgIpc) is 3.18. The van der Waals surface area contributed by atoms with Crippen LogP contribution in [0.3, 0.4) is 0 Å². The van der Waals surface area contributed by atoms with Crippen molar-refractivity contribution in [1.29, 1.82) is 0 Å². The molecule has 116 valence electrons. The number of rotatable bonds is 4. The molecule has 2 heterocycles. The van der Waals surface area contributed by atoms with Gasteiger partial charge in [-0.05, 0) is 68.6 Å². The fraction of sp³-hybridized carbons (Fsp3) is 0.750. The highest BCUT2D eigenvalue weighted by Crippen LogP contribution is 2.41. The van der Waals surface area contributed by atoms with Gasteiger partial charge in [-0.15, -0.1) is 0 Å². The van der Waals surface area contributed by atoms with Gasteiger partial charge in [0.15, 0.2) is 0 Å². The molecule has 1 aromatic rings. The van der Waals surface area contributed by atoms with Crippen molar-refractivity contribution >= 4 is 21.7 Å². The molecule has 0 aromatic carbocycles. The maximum atomic E-state index is 13.4. The molecule has 3 rings (SSSR count). The molecule has 1 aliphatic carbocycles. The molecule has 21 heavy (non-hydrogen) atoms. The van der Waals surface area contributed by atoms with E-state index in [9.17, 15) is 4.79 Å². The van der Waals surface area contributed by atoms with Crippen LogP contribution in [0.25, 0.3) is 0 Å². The molecular weight excluding hydrogens is 330 g/mol. The fourth-order valence-electron chi connectivity index (χ4n) is 3.96. The van der Waals surface area contributed by atoms with Gasteiger partial charge in [0.1, 0.15) is 5.69 Å². The number of Topliss-reactive ketones (excluding diaryl/α,β-unsaturated/α-hetero) is 1. The molecule has 0 unspecified atom stereocenters. The highest BCUT2D eigenvalue weighted by molar-refractivity contribution is 9.10. The molecule has 2 fully saturated rings. The van der Waals surface area contributed by atoms with Gasteiger partial charge < -0.3 is 0 Å². The summed E-state index contributed by atoms with van der Waals surface area (Å²) in [5, 5.41) is 4.40. The Bertz CT molecular complexity index is 526. The third kappa shape index (κ3) is 2.48. The van der Waals surface area contributed by atoms with E-state index in [-0.39, 0.29) is 17.4 Å². The second-order valence-electron chi connectivity index (χ2n) is 6.64. The van der Waals surface area contributed by atoms with Gasteiger partial charge in [-0.2, -0.15) is 5.10 Å². The van der Waals surface area contributed by atoms with E-state index < -0.39 is 0 Å². The van der Waals surface area contributed by atoms with Gasteiger partial charge in [0, 0.05) is 6.04 Å². The molecule has 0 N–H and O–H groups in total. The van der Waals surface area contributed by atoms with Crippen LogP contribution in [0.5, 0.6) is 0 Å². The Morgan fingerprint density at radius 1 is 1.24 bits per heavy atom. The van der Waals surface area contributed by atoms with Crippen LogP contribution in [0.1, 0.15) is 68.9 Å². The zero-order valence-corrected chi connectivity index (χ0v) is 14.5. The topological polar surface area (TPSA) is 38.1 Å². The van der Waals surface area contributed by atoms with Gasteiger partial charge in [0.2, 0.25) is 5.78 Å². The van der Waals surface area contributed by atoms with Crippen LogP contribution in [-0.4, -0.2) is 39.1 Å². The predicted molar refractivity (Wildman–Crippen MR) is 86.6 cm³/mol. The van der Waals surface area contributed by atoms with Crippen molar-refractivity contribution in [2.45, 2.75) is 64.0 Å². The largest absolute Gasteiger partial charge is 0.291 e. The lowest BCUT2D eigenvalue weighted by Gasteiger charge is -2.37. The highest BCUT2D eigenvalue weighted by atomic mass is 79.9. The van der Waals surface area contributed by atoms with Crippen LogP contribution in [0.2, 0.25) is 0 Å². The Labute approximate surface area is 135 Å². The Balaban J connectivity index is 2.00. The van der Waals surface area contributed by atoms with Gasteiger partial charge in [0.25, 0.3) is 0 Å². The summed E-state index contributed by atoms with van der Waals surface area (Å²) in [6, 6.07) is 0.201. The van der Waals surface area contributed by atoms with Crippen LogP contribution in [0.4, 0.5) is 0 Å². The van der Waals surface area contributed by atoms with Crippen molar-refractivity contribution in [3.8, 4) is 0 Å². The van der Waals surface area contributed by atoms with E-state index in [1.807, 2.05) is 4.68 Å². The zero-order chi connectivity index (χ0) is 15.0. The first kappa shape index (κ1) is 15.2. The smallest absolute Gasteiger partial charge is 0.202 e. The lowest BCUT2D eigenvalue weighted by molar-refractivity contribution is 0.0612. The summed E-state index contributed by atoms with van der Waals surface area (Å²) >= 11 is 3.54. The summed E-state index contributed by atoms with van der Waals surface area (Å²) in [6.45, 7) is 6.29. The van der Waals surface area contributed by atoms with Crippen molar-refractivity contribution in [2.24, 2.45) is 0 Å². The zero-order valence-electron chi connectivity index (χ0n) is 12.9. The summed E-state index contributed by atoms with van der Waals surface area (Å²) in [5.41, 5.74) is 0.491. The van der Waals surface area contributed by atoms with Crippen LogP contribution in [-0.2, 0) is 0 Å². The molecule has 1 aliphatic heterocycles. The lowest BCUT2D eigenvalue weighted by Crippen LogP contribution is -2.52. The van der Waals surface area contributed by atoms with Crippen molar-refractivity contribution in [3.63, 3.8) is 0 Å². The molecule has 0 spiro atoms. The van der Waals surface area contributed by atoms with E-state index >= 15 is 0 Å². The summed E-state index contributed by atoms with van der Waals surface area (Å²) in [6.07, 6.45) is 8.54. The molecular formula is C16H24BrN3O. The average molecular weight is 354 g/mol. The number of ketones is 1. The molecule has 0 amide bonds. The first-order valence-electron chi connectivity index (χ1n) is 8.09. The maximum Gasteiger partial charge on any atom is 0.202 e. The molecule has 0 atom stereocenters. The molecule has 4 nitrogen and oxygen atoms in total. The Kier molecular flexibility index (Phi) is 4.23. The Hall–Kier alpha value is -0.680.